The second-order valence-corrected chi connectivity index (χ2v) is 10.3. The minimum Gasteiger partial charge on any atom is -0.465 e. The molecule has 0 fully saturated rings. The lowest BCUT2D eigenvalue weighted by molar-refractivity contribution is 0.0703. The van der Waals surface area contributed by atoms with Crippen molar-refractivity contribution in [3.63, 3.8) is 0 Å². The highest BCUT2D eigenvalue weighted by atomic mass is 32.2. The molecule has 178 valence electrons. The lowest BCUT2D eigenvalue weighted by Crippen LogP contribution is -2.45. The minimum atomic E-state index is -3.57. The molecule has 3 aromatic carbocycles. The average Bonchev–Trinajstić information content (AvgIpc) is 3.35. The van der Waals surface area contributed by atoms with E-state index >= 15 is 0 Å². The number of amides is 2. The number of aliphatic hydroxyl groups is 1. The van der Waals surface area contributed by atoms with Crippen molar-refractivity contribution in [2.45, 2.75) is 10.6 Å². The van der Waals surface area contributed by atoms with Crippen LogP contribution >= 0.6 is 0 Å². The summed E-state index contributed by atoms with van der Waals surface area (Å²) in [5.74, 6) is -0.403. The zero-order chi connectivity index (χ0) is 25.1. The van der Waals surface area contributed by atoms with Crippen molar-refractivity contribution in [2.75, 3.05) is 23.1 Å². The van der Waals surface area contributed by atoms with E-state index in [0.717, 1.165) is 16.1 Å². The topological polar surface area (TPSA) is 144 Å². The molecule has 5 rings (SSSR count). The molecule has 1 atom stereocenters. The number of hydrogen-bond donors (Lipinski definition) is 3. The number of nitrogens with one attached hydrogen (secondary N) is 1. The lowest BCUT2D eigenvalue weighted by atomic mass is 9.93. The van der Waals surface area contributed by atoms with Gasteiger partial charge in [-0.15, -0.1) is 0 Å². The average molecular weight is 493 g/mol. The van der Waals surface area contributed by atoms with Crippen LogP contribution in [0.2, 0.25) is 0 Å². The SMILES string of the molecule is CN(C(=O)O)c1nc2cc(C3(O)c4ccccc4C(=O)N3c3cccc(S(C)(=O)=O)c3)ccc2[nH]1. The maximum absolute atomic E-state index is 13.5. The number of carbonyl (C=O) groups excluding carboxylic acids is 1. The van der Waals surface area contributed by atoms with Gasteiger partial charge in [-0.2, -0.15) is 0 Å². The largest absolute Gasteiger partial charge is 0.465 e. The van der Waals surface area contributed by atoms with Gasteiger partial charge < -0.3 is 15.2 Å². The maximum atomic E-state index is 13.5. The van der Waals surface area contributed by atoms with Crippen LogP contribution in [0.25, 0.3) is 11.0 Å². The van der Waals surface area contributed by atoms with Crippen LogP contribution in [0.3, 0.4) is 0 Å². The first-order valence-corrected chi connectivity index (χ1v) is 12.3. The molecule has 35 heavy (non-hydrogen) atoms. The Labute approximate surface area is 200 Å². The number of carbonyl (C=O) groups is 2. The predicted molar refractivity (Wildman–Crippen MR) is 128 cm³/mol. The lowest BCUT2D eigenvalue weighted by Gasteiger charge is -2.35. The number of hydrogen-bond acceptors (Lipinski definition) is 6. The molecule has 2 amide bonds. The zero-order valence-electron chi connectivity index (χ0n) is 18.6. The van der Waals surface area contributed by atoms with Crippen LogP contribution in [0.1, 0.15) is 21.5 Å². The fraction of sp³-hybridized carbons (Fsp3) is 0.125. The van der Waals surface area contributed by atoms with E-state index in [1.165, 1.54) is 25.2 Å². The Morgan fingerprint density at radius 1 is 1.09 bits per heavy atom. The molecule has 0 saturated heterocycles. The van der Waals surface area contributed by atoms with Gasteiger partial charge in [0, 0.05) is 35.7 Å². The van der Waals surface area contributed by atoms with Gasteiger partial charge in [0.05, 0.1) is 15.9 Å². The predicted octanol–water partition coefficient (Wildman–Crippen LogP) is 2.93. The van der Waals surface area contributed by atoms with E-state index in [2.05, 4.69) is 9.97 Å². The van der Waals surface area contributed by atoms with E-state index < -0.39 is 27.6 Å². The van der Waals surface area contributed by atoms with Crippen LogP contribution < -0.4 is 9.80 Å². The van der Waals surface area contributed by atoms with Crippen molar-refractivity contribution in [1.29, 1.82) is 0 Å². The molecule has 4 aromatic rings. The maximum Gasteiger partial charge on any atom is 0.413 e. The Balaban J connectivity index is 1.72. The van der Waals surface area contributed by atoms with Crippen LogP contribution in [-0.4, -0.2) is 53.9 Å². The molecule has 1 aromatic heterocycles. The molecular weight excluding hydrogens is 472 g/mol. The Kier molecular flexibility index (Phi) is 4.93. The van der Waals surface area contributed by atoms with Crippen molar-refractivity contribution < 1.29 is 28.2 Å². The summed E-state index contributed by atoms with van der Waals surface area (Å²) in [7, 11) is -2.23. The van der Waals surface area contributed by atoms with E-state index in [1.807, 2.05) is 0 Å². The van der Waals surface area contributed by atoms with Crippen LogP contribution in [0.4, 0.5) is 16.4 Å². The van der Waals surface area contributed by atoms with Gasteiger partial charge in [-0.3, -0.25) is 14.6 Å². The molecule has 1 aliphatic heterocycles. The fourth-order valence-corrected chi connectivity index (χ4v) is 4.92. The van der Waals surface area contributed by atoms with E-state index in [-0.39, 0.29) is 22.1 Å². The van der Waals surface area contributed by atoms with E-state index in [4.69, 9.17) is 0 Å². The first-order valence-electron chi connectivity index (χ1n) is 10.5. The molecule has 0 saturated carbocycles. The Morgan fingerprint density at radius 2 is 1.83 bits per heavy atom. The van der Waals surface area contributed by atoms with E-state index in [1.54, 1.807) is 48.5 Å². The molecule has 0 radical (unpaired) electrons. The highest BCUT2D eigenvalue weighted by Gasteiger charge is 2.50. The monoisotopic (exact) mass is 492 g/mol. The summed E-state index contributed by atoms with van der Waals surface area (Å²) in [6, 6.07) is 17.2. The zero-order valence-corrected chi connectivity index (χ0v) is 19.4. The van der Waals surface area contributed by atoms with Gasteiger partial charge in [0.15, 0.2) is 15.6 Å². The third kappa shape index (κ3) is 3.44. The standard InChI is InChI=1S/C24H20N4O6S/c1-27(23(30)31)22-25-19-11-10-14(12-20(19)26-22)24(32)18-9-4-3-8-17(18)21(29)28(24)15-6-5-7-16(13-15)35(2,33)34/h3-13,32H,1-2H3,(H,25,26)(H,30,31). The number of anilines is 2. The Morgan fingerprint density at radius 3 is 2.54 bits per heavy atom. The van der Waals surface area contributed by atoms with Gasteiger partial charge in [-0.05, 0) is 36.4 Å². The van der Waals surface area contributed by atoms with Crippen molar-refractivity contribution in [2.24, 2.45) is 0 Å². The van der Waals surface area contributed by atoms with Gasteiger partial charge in [0.2, 0.25) is 5.95 Å². The number of H-pyrrole nitrogens is 1. The van der Waals surface area contributed by atoms with Gasteiger partial charge in [0.1, 0.15) is 0 Å². The number of nitrogens with zero attached hydrogens (tertiary/aromatic N) is 3. The van der Waals surface area contributed by atoms with E-state index in [9.17, 15) is 28.2 Å². The van der Waals surface area contributed by atoms with Crippen LogP contribution in [0, 0.1) is 0 Å². The molecule has 2 heterocycles. The molecule has 1 aliphatic rings. The fourth-order valence-electron chi connectivity index (χ4n) is 4.26. The highest BCUT2D eigenvalue weighted by molar-refractivity contribution is 7.90. The van der Waals surface area contributed by atoms with Crippen LogP contribution in [-0.2, 0) is 15.6 Å². The number of sulfone groups is 1. The molecule has 0 spiro atoms. The summed E-state index contributed by atoms with van der Waals surface area (Å²) in [6.07, 6.45) is -0.133. The molecule has 11 heteroatoms. The van der Waals surface area contributed by atoms with Crippen molar-refractivity contribution >= 4 is 44.5 Å². The smallest absolute Gasteiger partial charge is 0.413 e. The third-order valence-corrected chi connectivity index (χ3v) is 7.15. The number of imidazole rings is 1. The van der Waals surface area contributed by atoms with Crippen molar-refractivity contribution in [3.8, 4) is 0 Å². The quantitative estimate of drug-likeness (QED) is 0.397. The molecule has 10 nitrogen and oxygen atoms in total. The van der Waals surface area contributed by atoms with Gasteiger partial charge in [0.25, 0.3) is 5.91 Å². The van der Waals surface area contributed by atoms with Gasteiger partial charge in [-0.25, -0.2) is 18.2 Å². The summed E-state index contributed by atoms with van der Waals surface area (Å²) in [5, 5.41) is 21.4. The number of benzene rings is 3. The molecule has 1 unspecified atom stereocenters. The normalized spacial score (nSPS) is 17.6. The summed E-state index contributed by atoms with van der Waals surface area (Å²) in [6.45, 7) is 0. The first-order chi connectivity index (χ1) is 16.5. The molecule has 0 bridgehead atoms. The summed E-state index contributed by atoms with van der Waals surface area (Å²) in [5.41, 5.74) is 0.0229. The summed E-state index contributed by atoms with van der Waals surface area (Å²) < 4.78 is 24.3. The molecule has 0 aliphatic carbocycles. The second-order valence-electron chi connectivity index (χ2n) is 8.26. The van der Waals surface area contributed by atoms with Crippen LogP contribution in [0.5, 0.6) is 0 Å². The van der Waals surface area contributed by atoms with Crippen molar-refractivity contribution in [3.05, 3.63) is 83.4 Å². The number of carboxylic acid groups (broad SMARTS) is 1. The number of aromatic amines is 1. The van der Waals surface area contributed by atoms with Crippen LogP contribution in [0.15, 0.2) is 71.6 Å². The van der Waals surface area contributed by atoms with Crippen molar-refractivity contribution in [1.82, 2.24) is 9.97 Å². The third-order valence-electron chi connectivity index (χ3n) is 6.04. The minimum absolute atomic E-state index is 0.00482. The number of aromatic nitrogens is 2. The second kappa shape index (κ2) is 7.65. The Hall–Kier alpha value is -4.22. The van der Waals surface area contributed by atoms with Gasteiger partial charge >= 0.3 is 6.09 Å². The summed E-state index contributed by atoms with van der Waals surface area (Å²) in [4.78, 5) is 34.1. The molecule has 3 N–H and O–H groups in total. The first kappa shape index (κ1) is 22.6. The number of rotatable bonds is 4. The van der Waals surface area contributed by atoms with E-state index in [0.29, 0.717) is 22.2 Å². The molecular formula is C24H20N4O6S. The van der Waals surface area contributed by atoms with Gasteiger partial charge in [-0.1, -0.05) is 30.3 Å². The summed E-state index contributed by atoms with van der Waals surface area (Å²) >= 11 is 0. The highest BCUT2D eigenvalue weighted by Crippen LogP contribution is 2.45. The number of fused-ring (bicyclic) bond motifs is 2. The Bertz CT molecular complexity index is 1630.